The van der Waals surface area contributed by atoms with Gasteiger partial charge in [0.2, 0.25) is 5.95 Å². The highest BCUT2D eigenvalue weighted by Gasteiger charge is 2.34. The van der Waals surface area contributed by atoms with Crippen molar-refractivity contribution in [1.82, 2.24) is 29.7 Å². The van der Waals surface area contributed by atoms with Gasteiger partial charge < -0.3 is 16.8 Å². The molecule has 13 heteroatoms. The van der Waals surface area contributed by atoms with E-state index in [2.05, 4.69) is 25.5 Å². The number of nitrogens with one attached hydrogen (secondary N) is 2. The first-order chi connectivity index (χ1) is 16.4. The Balaban J connectivity index is 1.78. The molecule has 5 rings (SSSR count). The van der Waals surface area contributed by atoms with Gasteiger partial charge in [-0.1, -0.05) is 18.0 Å². The summed E-state index contributed by atoms with van der Waals surface area (Å²) in [5, 5.41) is 19.5. The van der Waals surface area contributed by atoms with E-state index in [0.717, 1.165) is 31.4 Å². The summed E-state index contributed by atoms with van der Waals surface area (Å²) in [4.78, 5) is 26.3. The van der Waals surface area contributed by atoms with Crippen molar-refractivity contribution in [2.45, 2.75) is 25.3 Å². The average Bonchev–Trinajstić information content (AvgIpc) is 3.26. The van der Waals surface area contributed by atoms with E-state index < -0.39 is 17.4 Å². The predicted octanol–water partition coefficient (Wildman–Crippen LogP) is 2.68. The summed E-state index contributed by atoms with van der Waals surface area (Å²) in [6.45, 7) is 0. The molecule has 11 nitrogen and oxygen atoms in total. The van der Waals surface area contributed by atoms with E-state index in [4.69, 9.17) is 28.1 Å². The van der Waals surface area contributed by atoms with Crippen molar-refractivity contribution in [2.75, 3.05) is 16.8 Å². The number of hydrogen-bond donors (Lipinski definition) is 4. The fourth-order valence-corrected chi connectivity index (χ4v) is 4.32. The van der Waals surface area contributed by atoms with E-state index in [1.165, 1.54) is 10.8 Å². The molecule has 34 heavy (non-hydrogen) atoms. The standard InChI is InChI=1S/C21H18ClFN10O/c22-13-7-10(23)6-11-16(13)29-19(33(20(11)34)14-4-5-27-32-14)15(9-2-1-3-9)28-18-12(8-24)17(25)30-21(26)31-18/h4-7,9,15H,1-3H2,(H,27,32)(H5,25,26,28,30,31)/t15-/m0/s1. The molecule has 0 amide bonds. The van der Waals surface area contributed by atoms with Crippen LogP contribution in [0.3, 0.4) is 0 Å². The van der Waals surface area contributed by atoms with E-state index in [1.54, 1.807) is 6.07 Å². The number of nitriles is 1. The molecule has 1 atom stereocenters. The highest BCUT2D eigenvalue weighted by Crippen LogP contribution is 2.40. The number of nitrogen functional groups attached to an aromatic ring is 2. The van der Waals surface area contributed by atoms with Gasteiger partial charge in [-0.25, -0.2) is 13.9 Å². The molecule has 1 aromatic carbocycles. The number of H-pyrrole nitrogens is 1. The summed E-state index contributed by atoms with van der Waals surface area (Å²) in [7, 11) is 0. The summed E-state index contributed by atoms with van der Waals surface area (Å²) in [6, 6.07) is 5.19. The van der Waals surface area contributed by atoms with Crippen molar-refractivity contribution in [3.05, 3.63) is 57.0 Å². The number of aromatic amines is 1. The van der Waals surface area contributed by atoms with E-state index in [1.807, 2.05) is 6.07 Å². The van der Waals surface area contributed by atoms with Gasteiger partial charge in [0.25, 0.3) is 5.56 Å². The first kappa shape index (κ1) is 21.6. The minimum Gasteiger partial charge on any atom is -0.382 e. The number of halogens is 2. The highest BCUT2D eigenvalue weighted by molar-refractivity contribution is 6.35. The average molecular weight is 481 g/mol. The lowest BCUT2D eigenvalue weighted by Crippen LogP contribution is -2.34. The Morgan fingerprint density at radius 3 is 2.74 bits per heavy atom. The summed E-state index contributed by atoms with van der Waals surface area (Å²) >= 11 is 6.28. The molecule has 4 aromatic rings. The number of rotatable bonds is 5. The SMILES string of the molecule is N#Cc1c(N)nc(N)nc1N[C@H](c1nc2c(Cl)cc(F)cc2c(=O)n1-c1ccn[nH]1)C1CCC1. The molecular formula is C21H18ClFN10O. The topological polar surface area (TPSA) is 177 Å². The zero-order valence-corrected chi connectivity index (χ0v) is 18.3. The third kappa shape index (κ3) is 3.56. The summed E-state index contributed by atoms with van der Waals surface area (Å²) in [5.41, 5.74) is 11.3. The number of aromatic nitrogens is 6. The number of benzene rings is 1. The Bertz CT molecular complexity index is 1510. The molecule has 0 aliphatic heterocycles. The zero-order chi connectivity index (χ0) is 24.0. The Hall–Kier alpha value is -4.24. The lowest BCUT2D eigenvalue weighted by Gasteiger charge is -2.35. The number of nitrogens with zero attached hydrogens (tertiary/aromatic N) is 6. The van der Waals surface area contributed by atoms with Crippen molar-refractivity contribution in [2.24, 2.45) is 5.92 Å². The van der Waals surface area contributed by atoms with Crippen LogP contribution in [-0.2, 0) is 0 Å². The smallest absolute Gasteiger partial charge is 0.267 e. The molecule has 3 aromatic heterocycles. The maximum Gasteiger partial charge on any atom is 0.267 e. The van der Waals surface area contributed by atoms with Crippen LogP contribution in [0.1, 0.15) is 36.7 Å². The monoisotopic (exact) mass is 480 g/mol. The van der Waals surface area contributed by atoms with Gasteiger partial charge in [0, 0.05) is 6.07 Å². The number of hydrogen-bond acceptors (Lipinski definition) is 9. The van der Waals surface area contributed by atoms with Crippen molar-refractivity contribution in [3.8, 4) is 11.9 Å². The Kier molecular flexibility index (Phi) is 5.25. The third-order valence-electron chi connectivity index (χ3n) is 5.90. The maximum absolute atomic E-state index is 14.1. The van der Waals surface area contributed by atoms with Gasteiger partial charge in [0.05, 0.1) is 28.2 Å². The molecule has 1 aliphatic carbocycles. The molecule has 0 radical (unpaired) electrons. The van der Waals surface area contributed by atoms with E-state index >= 15 is 0 Å². The molecule has 0 bridgehead atoms. The molecule has 0 spiro atoms. The van der Waals surface area contributed by atoms with Crippen molar-refractivity contribution >= 4 is 40.1 Å². The summed E-state index contributed by atoms with van der Waals surface area (Å²) in [6.07, 6.45) is 4.14. The second kappa shape index (κ2) is 8.27. The highest BCUT2D eigenvalue weighted by atomic mass is 35.5. The molecule has 1 saturated carbocycles. The van der Waals surface area contributed by atoms with Crippen LogP contribution < -0.4 is 22.3 Å². The molecule has 0 saturated heterocycles. The van der Waals surface area contributed by atoms with Crippen molar-refractivity contribution < 1.29 is 4.39 Å². The molecule has 6 N–H and O–H groups in total. The molecule has 172 valence electrons. The Morgan fingerprint density at radius 1 is 1.29 bits per heavy atom. The van der Waals surface area contributed by atoms with Crippen LogP contribution >= 0.6 is 11.6 Å². The van der Waals surface area contributed by atoms with Gasteiger partial charge in [0.15, 0.2) is 5.82 Å². The predicted molar refractivity (Wildman–Crippen MR) is 124 cm³/mol. The van der Waals surface area contributed by atoms with Crippen LogP contribution in [0.25, 0.3) is 16.7 Å². The van der Waals surface area contributed by atoms with Gasteiger partial charge in [0.1, 0.15) is 34.9 Å². The summed E-state index contributed by atoms with van der Waals surface area (Å²) in [5.74, 6) is -0.0350. The van der Waals surface area contributed by atoms with Crippen molar-refractivity contribution in [3.63, 3.8) is 0 Å². The molecule has 1 aliphatic rings. The van der Waals surface area contributed by atoms with E-state index in [-0.39, 0.29) is 45.0 Å². The Morgan fingerprint density at radius 2 is 2.09 bits per heavy atom. The summed E-state index contributed by atoms with van der Waals surface area (Å²) < 4.78 is 15.4. The lowest BCUT2D eigenvalue weighted by atomic mass is 9.79. The second-order valence-corrected chi connectivity index (χ2v) is 8.36. The fraction of sp³-hybridized carbons (Fsp3) is 0.238. The molecule has 1 fully saturated rings. The van der Waals surface area contributed by atoms with Crippen molar-refractivity contribution in [1.29, 1.82) is 5.26 Å². The largest absolute Gasteiger partial charge is 0.382 e. The lowest BCUT2D eigenvalue weighted by molar-refractivity contribution is 0.268. The van der Waals surface area contributed by atoms with Crippen LogP contribution in [0.15, 0.2) is 29.2 Å². The Labute approximate surface area is 196 Å². The number of anilines is 3. The van der Waals surface area contributed by atoms with Gasteiger partial charge >= 0.3 is 0 Å². The van der Waals surface area contributed by atoms with E-state index in [0.29, 0.717) is 11.6 Å². The van der Waals surface area contributed by atoms with Gasteiger partial charge in [-0.3, -0.25) is 9.89 Å². The minimum atomic E-state index is -0.653. The first-order valence-corrected chi connectivity index (χ1v) is 10.8. The van der Waals surface area contributed by atoms with Crippen LogP contribution in [0.2, 0.25) is 5.02 Å². The fourth-order valence-electron chi connectivity index (χ4n) is 4.07. The second-order valence-electron chi connectivity index (χ2n) is 7.95. The minimum absolute atomic E-state index is 0.00529. The molecule has 0 unspecified atom stereocenters. The zero-order valence-electron chi connectivity index (χ0n) is 17.6. The van der Waals surface area contributed by atoms with Crippen LogP contribution in [0, 0.1) is 23.1 Å². The first-order valence-electron chi connectivity index (χ1n) is 10.4. The maximum atomic E-state index is 14.1. The third-order valence-corrected chi connectivity index (χ3v) is 6.19. The number of fused-ring (bicyclic) bond motifs is 1. The molecular weight excluding hydrogens is 463 g/mol. The van der Waals surface area contributed by atoms with Gasteiger partial charge in [-0.2, -0.15) is 20.3 Å². The van der Waals surface area contributed by atoms with Crippen LogP contribution in [-0.4, -0.2) is 29.7 Å². The molecule has 3 heterocycles. The quantitative estimate of drug-likeness (QED) is 0.334. The van der Waals surface area contributed by atoms with E-state index in [9.17, 15) is 14.4 Å². The normalized spacial score (nSPS) is 14.5. The van der Waals surface area contributed by atoms with Gasteiger partial charge in [-0.05, 0) is 30.9 Å². The number of nitrogens with two attached hydrogens (primary N) is 2. The van der Waals surface area contributed by atoms with Crippen LogP contribution in [0.5, 0.6) is 0 Å². The van der Waals surface area contributed by atoms with Gasteiger partial charge in [-0.15, -0.1) is 0 Å². The van der Waals surface area contributed by atoms with Crippen LogP contribution in [0.4, 0.5) is 22.0 Å².